The lowest BCUT2D eigenvalue weighted by atomic mass is 10.0. The van der Waals surface area contributed by atoms with Crippen LogP contribution in [0.2, 0.25) is 18.1 Å². The highest BCUT2D eigenvalue weighted by Gasteiger charge is 2.29. The van der Waals surface area contributed by atoms with Gasteiger partial charge in [-0.3, -0.25) is 0 Å². The molecule has 0 N–H and O–H groups in total. The van der Waals surface area contributed by atoms with Crippen molar-refractivity contribution in [2.45, 2.75) is 76.2 Å². The third-order valence-electron chi connectivity index (χ3n) is 5.46. The molecule has 2 rings (SSSR count). The molecule has 1 aromatic carbocycles. The molecule has 0 radical (unpaired) electrons. The first kappa shape index (κ1) is 23.0. The molecule has 0 aliphatic carbocycles. The van der Waals surface area contributed by atoms with Gasteiger partial charge in [-0.15, -0.1) is 0 Å². The van der Waals surface area contributed by atoms with E-state index >= 15 is 0 Å². The quantitative estimate of drug-likeness (QED) is 0.224. The van der Waals surface area contributed by atoms with Gasteiger partial charge in [-0.25, -0.2) is 4.39 Å². The summed E-state index contributed by atoms with van der Waals surface area (Å²) >= 11 is 0. The van der Waals surface area contributed by atoms with Gasteiger partial charge in [0.1, 0.15) is 5.75 Å². The highest BCUT2D eigenvalue weighted by atomic mass is 28.3. The van der Waals surface area contributed by atoms with Crippen molar-refractivity contribution in [3.63, 3.8) is 0 Å². The van der Waals surface area contributed by atoms with E-state index in [-0.39, 0.29) is 0 Å². The van der Waals surface area contributed by atoms with E-state index in [1.807, 2.05) is 0 Å². The minimum atomic E-state index is -4.49. The SMILES string of the molecule is CCCCCCC[SiH]1CCC(COc2ccc(OCC(F)(F)F)c(F)c2)CC1. The number of hydrogen-bond donors (Lipinski definition) is 0. The molecule has 28 heavy (non-hydrogen) atoms. The van der Waals surface area contributed by atoms with Gasteiger partial charge in [0.2, 0.25) is 0 Å². The Morgan fingerprint density at radius 1 is 1.04 bits per heavy atom. The molecule has 1 saturated heterocycles. The molecule has 1 aliphatic rings. The molecule has 1 aliphatic heterocycles. The molecule has 0 atom stereocenters. The monoisotopic (exact) mass is 420 g/mol. The normalized spacial score (nSPS) is 20.2. The summed E-state index contributed by atoms with van der Waals surface area (Å²) < 4.78 is 60.5. The van der Waals surface area contributed by atoms with Crippen LogP contribution < -0.4 is 9.47 Å². The molecule has 0 amide bonds. The van der Waals surface area contributed by atoms with E-state index in [2.05, 4.69) is 11.7 Å². The molecule has 1 fully saturated rings. The zero-order valence-corrected chi connectivity index (χ0v) is 17.9. The van der Waals surface area contributed by atoms with Crippen LogP contribution in [0.15, 0.2) is 18.2 Å². The summed E-state index contributed by atoms with van der Waals surface area (Å²) in [6.45, 7) is 1.28. The minimum absolute atomic E-state index is 0.340. The number of unbranched alkanes of at least 4 members (excludes halogenated alkanes) is 4. The molecule has 160 valence electrons. The second-order valence-electron chi connectivity index (χ2n) is 7.90. The van der Waals surface area contributed by atoms with E-state index in [4.69, 9.17) is 4.74 Å². The molecule has 0 spiro atoms. The van der Waals surface area contributed by atoms with E-state index in [9.17, 15) is 17.6 Å². The fourth-order valence-corrected chi connectivity index (χ4v) is 7.40. The highest BCUT2D eigenvalue weighted by molar-refractivity contribution is 6.58. The maximum absolute atomic E-state index is 13.9. The smallest absolute Gasteiger partial charge is 0.422 e. The van der Waals surface area contributed by atoms with Gasteiger partial charge < -0.3 is 9.47 Å². The topological polar surface area (TPSA) is 18.5 Å². The maximum atomic E-state index is 13.9. The Morgan fingerprint density at radius 2 is 1.75 bits per heavy atom. The summed E-state index contributed by atoms with van der Waals surface area (Å²) in [6.07, 6.45) is 4.64. The van der Waals surface area contributed by atoms with Crippen LogP contribution in [-0.4, -0.2) is 28.2 Å². The summed E-state index contributed by atoms with van der Waals surface area (Å²) in [5.41, 5.74) is 0. The summed E-state index contributed by atoms with van der Waals surface area (Å²) in [6, 6.07) is 7.94. The van der Waals surface area contributed by atoms with Crippen molar-refractivity contribution in [2.75, 3.05) is 13.2 Å². The van der Waals surface area contributed by atoms with Crippen molar-refractivity contribution in [2.24, 2.45) is 5.92 Å². The zero-order valence-electron chi connectivity index (χ0n) is 16.7. The molecule has 2 nitrogen and oxygen atoms in total. The zero-order chi connectivity index (χ0) is 20.4. The maximum Gasteiger partial charge on any atom is 0.422 e. The molecule has 0 unspecified atom stereocenters. The minimum Gasteiger partial charge on any atom is -0.493 e. The van der Waals surface area contributed by atoms with Crippen LogP contribution in [0.25, 0.3) is 0 Å². The van der Waals surface area contributed by atoms with Crippen molar-refractivity contribution < 1.29 is 27.0 Å². The van der Waals surface area contributed by atoms with Crippen LogP contribution >= 0.6 is 0 Å². The molecule has 0 aromatic heterocycles. The number of alkyl halides is 3. The largest absolute Gasteiger partial charge is 0.493 e. The predicted octanol–water partition coefficient (Wildman–Crippen LogP) is 6.75. The average molecular weight is 421 g/mol. The van der Waals surface area contributed by atoms with Gasteiger partial charge in [0.05, 0.1) is 6.61 Å². The summed E-state index contributed by atoms with van der Waals surface area (Å²) in [4.78, 5) is 0. The number of hydrogen-bond acceptors (Lipinski definition) is 2. The van der Waals surface area contributed by atoms with Crippen molar-refractivity contribution >= 4 is 8.80 Å². The van der Waals surface area contributed by atoms with E-state index in [0.29, 0.717) is 18.3 Å². The Hall–Kier alpha value is -1.24. The Labute approximate surface area is 167 Å². The summed E-state index contributed by atoms with van der Waals surface area (Å²) in [7, 11) is -0.576. The summed E-state index contributed by atoms with van der Waals surface area (Å²) in [5.74, 6) is -0.406. The molecular weight excluding hydrogens is 388 g/mol. The van der Waals surface area contributed by atoms with Gasteiger partial charge in [-0.1, -0.05) is 57.2 Å². The molecule has 0 saturated carbocycles. The fraction of sp³-hybridized carbons (Fsp3) is 0.714. The fourth-order valence-electron chi connectivity index (χ4n) is 3.79. The number of rotatable bonds is 11. The van der Waals surface area contributed by atoms with Gasteiger partial charge in [0.25, 0.3) is 0 Å². The average Bonchev–Trinajstić information content (AvgIpc) is 2.65. The number of ether oxygens (including phenoxy) is 2. The van der Waals surface area contributed by atoms with Crippen LogP contribution in [-0.2, 0) is 0 Å². The van der Waals surface area contributed by atoms with Gasteiger partial charge in [-0.05, 0) is 30.9 Å². The van der Waals surface area contributed by atoms with E-state index in [1.54, 1.807) is 0 Å². The first-order valence-electron chi connectivity index (χ1n) is 10.5. The van der Waals surface area contributed by atoms with Crippen molar-refractivity contribution in [1.29, 1.82) is 0 Å². The lowest BCUT2D eigenvalue weighted by molar-refractivity contribution is -0.153. The van der Waals surface area contributed by atoms with Crippen LogP contribution in [0.5, 0.6) is 11.5 Å². The van der Waals surface area contributed by atoms with Gasteiger partial charge in [-0.2, -0.15) is 13.2 Å². The van der Waals surface area contributed by atoms with Crippen LogP contribution in [0.1, 0.15) is 51.9 Å². The second kappa shape index (κ2) is 11.7. The molecule has 1 aromatic rings. The lowest BCUT2D eigenvalue weighted by Gasteiger charge is -2.27. The van der Waals surface area contributed by atoms with E-state index in [0.717, 1.165) is 6.07 Å². The van der Waals surface area contributed by atoms with E-state index in [1.165, 1.54) is 75.2 Å². The van der Waals surface area contributed by atoms with Gasteiger partial charge in [0, 0.05) is 14.9 Å². The predicted molar refractivity (Wildman–Crippen MR) is 106 cm³/mol. The summed E-state index contributed by atoms with van der Waals surface area (Å²) in [5, 5.41) is 0. The molecular formula is C21H32F4O2Si. The van der Waals surface area contributed by atoms with Crippen LogP contribution in [0.4, 0.5) is 17.6 Å². The van der Waals surface area contributed by atoms with Crippen molar-refractivity contribution in [3.8, 4) is 11.5 Å². The molecule has 0 bridgehead atoms. The second-order valence-corrected chi connectivity index (χ2v) is 11.4. The first-order chi connectivity index (χ1) is 13.4. The molecule has 7 heteroatoms. The Morgan fingerprint density at radius 3 is 2.39 bits per heavy atom. The Bertz CT molecular complexity index is 572. The van der Waals surface area contributed by atoms with E-state index < -0.39 is 33.1 Å². The third kappa shape index (κ3) is 8.84. The lowest BCUT2D eigenvalue weighted by Crippen LogP contribution is -2.24. The van der Waals surface area contributed by atoms with Crippen molar-refractivity contribution in [3.05, 3.63) is 24.0 Å². The van der Waals surface area contributed by atoms with Gasteiger partial charge >= 0.3 is 6.18 Å². The highest BCUT2D eigenvalue weighted by Crippen LogP contribution is 2.30. The van der Waals surface area contributed by atoms with Crippen molar-refractivity contribution in [1.82, 2.24) is 0 Å². The third-order valence-corrected chi connectivity index (χ3v) is 8.99. The van der Waals surface area contributed by atoms with Crippen LogP contribution in [0, 0.1) is 11.7 Å². The standard InChI is InChI=1S/C21H32F4O2Si/c1-2-3-4-5-6-11-28-12-9-17(10-13-28)15-26-18-7-8-20(19(22)14-18)27-16-21(23,24)25/h7-8,14,17,28H,2-6,9-13,15-16H2,1H3. The van der Waals surface area contributed by atoms with Gasteiger partial charge in [0.15, 0.2) is 18.2 Å². The number of benzene rings is 1. The first-order valence-corrected chi connectivity index (χ1v) is 12.9. The van der Waals surface area contributed by atoms with Crippen LogP contribution in [0.3, 0.4) is 0 Å². The Balaban J connectivity index is 1.66. The Kier molecular flexibility index (Phi) is 9.61. The molecule has 1 heterocycles. The number of halogens is 4.